The number of nitrogens with one attached hydrogen (secondary N) is 1. The molecular weight excluding hydrogens is 302 g/mol. The van der Waals surface area contributed by atoms with Crippen molar-refractivity contribution in [3.63, 3.8) is 0 Å². The topological polar surface area (TPSA) is 103 Å². The zero-order valence-corrected chi connectivity index (χ0v) is 13.9. The predicted molar refractivity (Wildman–Crippen MR) is 84.0 cm³/mol. The summed E-state index contributed by atoms with van der Waals surface area (Å²) in [5.41, 5.74) is -0.177. The molecule has 1 amide bonds. The fourth-order valence-corrected chi connectivity index (χ4v) is 2.03. The van der Waals surface area contributed by atoms with E-state index in [1.54, 1.807) is 0 Å². The van der Waals surface area contributed by atoms with Gasteiger partial charge in [0, 0.05) is 19.2 Å². The quantitative estimate of drug-likeness (QED) is 0.447. The maximum Gasteiger partial charge on any atom is 0.355 e. The minimum atomic E-state index is -0.773. The SMILES string of the molecule is CC(C)CCC(C)NC(=O)COC(=O)c1cc([N+](=O)[O-])cn1C. The molecular formula is C15H23N3O5. The van der Waals surface area contributed by atoms with E-state index in [-0.39, 0.29) is 17.4 Å². The molecule has 128 valence electrons. The summed E-state index contributed by atoms with van der Waals surface area (Å²) in [7, 11) is 1.50. The molecule has 1 aromatic heterocycles. The normalized spacial score (nSPS) is 12.0. The zero-order chi connectivity index (χ0) is 17.6. The molecule has 1 aromatic rings. The van der Waals surface area contributed by atoms with E-state index in [0.717, 1.165) is 18.9 Å². The Balaban J connectivity index is 2.46. The van der Waals surface area contributed by atoms with Gasteiger partial charge in [-0.15, -0.1) is 0 Å². The number of carbonyl (C=O) groups excluding carboxylic acids is 2. The van der Waals surface area contributed by atoms with E-state index in [9.17, 15) is 19.7 Å². The number of aromatic nitrogens is 1. The van der Waals surface area contributed by atoms with Gasteiger partial charge in [-0.1, -0.05) is 13.8 Å². The van der Waals surface area contributed by atoms with Crippen LogP contribution in [0.3, 0.4) is 0 Å². The van der Waals surface area contributed by atoms with E-state index >= 15 is 0 Å². The van der Waals surface area contributed by atoms with Crippen LogP contribution >= 0.6 is 0 Å². The number of hydrogen-bond acceptors (Lipinski definition) is 5. The molecule has 0 aliphatic rings. The number of nitro groups is 1. The lowest BCUT2D eigenvalue weighted by atomic mass is 10.0. The van der Waals surface area contributed by atoms with E-state index in [1.165, 1.54) is 17.8 Å². The van der Waals surface area contributed by atoms with Crippen LogP contribution in [0.1, 0.15) is 44.1 Å². The number of nitrogens with zero attached hydrogens (tertiary/aromatic N) is 2. The third-order valence-corrected chi connectivity index (χ3v) is 3.33. The summed E-state index contributed by atoms with van der Waals surface area (Å²) in [4.78, 5) is 33.7. The molecule has 1 N–H and O–H groups in total. The molecule has 0 aliphatic carbocycles. The molecule has 8 nitrogen and oxygen atoms in total. The first-order valence-electron chi connectivity index (χ1n) is 7.48. The summed E-state index contributed by atoms with van der Waals surface area (Å²) >= 11 is 0. The molecule has 0 aliphatic heterocycles. The van der Waals surface area contributed by atoms with E-state index in [0.29, 0.717) is 5.92 Å². The van der Waals surface area contributed by atoms with Gasteiger partial charge in [-0.25, -0.2) is 4.79 Å². The van der Waals surface area contributed by atoms with Gasteiger partial charge in [0.2, 0.25) is 0 Å². The number of ether oxygens (including phenoxy) is 1. The minimum absolute atomic E-state index is 0.000254. The first-order chi connectivity index (χ1) is 10.7. The molecule has 0 saturated heterocycles. The Kier molecular flexibility index (Phi) is 6.74. The smallest absolute Gasteiger partial charge is 0.355 e. The molecule has 23 heavy (non-hydrogen) atoms. The molecule has 1 rings (SSSR count). The summed E-state index contributed by atoms with van der Waals surface area (Å²) in [6.07, 6.45) is 3.06. The summed E-state index contributed by atoms with van der Waals surface area (Å²) < 4.78 is 6.19. The maximum absolute atomic E-state index is 11.9. The van der Waals surface area contributed by atoms with Crippen LogP contribution in [0.2, 0.25) is 0 Å². The molecule has 0 bridgehead atoms. The molecule has 0 radical (unpaired) electrons. The Morgan fingerprint density at radius 1 is 1.35 bits per heavy atom. The first-order valence-corrected chi connectivity index (χ1v) is 7.48. The van der Waals surface area contributed by atoms with Crippen LogP contribution in [-0.4, -0.2) is 34.0 Å². The van der Waals surface area contributed by atoms with Crippen molar-refractivity contribution in [2.24, 2.45) is 13.0 Å². The Morgan fingerprint density at radius 2 is 2.00 bits per heavy atom. The highest BCUT2D eigenvalue weighted by Crippen LogP contribution is 2.15. The van der Waals surface area contributed by atoms with E-state index in [1.807, 2.05) is 6.92 Å². The second kappa shape index (κ2) is 8.30. The minimum Gasteiger partial charge on any atom is -0.451 e. The zero-order valence-electron chi connectivity index (χ0n) is 13.9. The van der Waals surface area contributed by atoms with Gasteiger partial charge in [0.25, 0.3) is 11.6 Å². The van der Waals surface area contributed by atoms with Gasteiger partial charge in [0.05, 0.1) is 11.1 Å². The lowest BCUT2D eigenvalue weighted by Crippen LogP contribution is -2.36. The van der Waals surface area contributed by atoms with Crippen LogP contribution in [0, 0.1) is 16.0 Å². The second-order valence-electron chi connectivity index (χ2n) is 5.97. The summed E-state index contributed by atoms with van der Waals surface area (Å²) in [5, 5.41) is 13.4. The highest BCUT2D eigenvalue weighted by molar-refractivity contribution is 5.90. The number of carbonyl (C=O) groups is 2. The van der Waals surface area contributed by atoms with Gasteiger partial charge in [-0.2, -0.15) is 0 Å². The third-order valence-electron chi connectivity index (χ3n) is 3.33. The van der Waals surface area contributed by atoms with Gasteiger partial charge in [-0.3, -0.25) is 14.9 Å². The molecule has 0 aromatic carbocycles. The van der Waals surface area contributed by atoms with Crippen LogP contribution < -0.4 is 5.32 Å². The van der Waals surface area contributed by atoms with Crippen molar-refractivity contribution < 1.29 is 19.2 Å². The average molecular weight is 325 g/mol. The molecule has 1 heterocycles. The lowest BCUT2D eigenvalue weighted by molar-refractivity contribution is -0.384. The van der Waals surface area contributed by atoms with Crippen LogP contribution in [0.5, 0.6) is 0 Å². The van der Waals surface area contributed by atoms with Crippen molar-refractivity contribution in [3.05, 3.63) is 28.1 Å². The summed E-state index contributed by atoms with van der Waals surface area (Å²) in [6.45, 7) is 5.69. The number of hydrogen-bond donors (Lipinski definition) is 1. The third kappa shape index (κ3) is 6.09. The standard InChI is InChI=1S/C15H23N3O5/c1-10(2)5-6-11(3)16-14(19)9-23-15(20)13-7-12(18(21)22)8-17(13)4/h7-8,10-11H,5-6,9H2,1-4H3,(H,16,19). The largest absolute Gasteiger partial charge is 0.451 e. The van der Waals surface area contributed by atoms with Crippen LogP contribution in [0.15, 0.2) is 12.3 Å². The molecule has 0 saturated carbocycles. The predicted octanol–water partition coefficient (Wildman–Crippen LogP) is 2.03. The van der Waals surface area contributed by atoms with Crippen molar-refractivity contribution in [1.29, 1.82) is 0 Å². The molecule has 0 spiro atoms. The molecule has 0 fully saturated rings. The number of aryl methyl sites for hydroxylation is 1. The number of esters is 1. The molecule has 1 unspecified atom stereocenters. The first kappa shape index (κ1) is 18.7. The maximum atomic E-state index is 11.9. The van der Waals surface area contributed by atoms with Crippen molar-refractivity contribution >= 4 is 17.6 Å². The Hall–Kier alpha value is -2.38. The molecule has 1 atom stereocenters. The Labute approximate surface area is 135 Å². The monoisotopic (exact) mass is 325 g/mol. The van der Waals surface area contributed by atoms with Gasteiger partial charge in [-0.05, 0) is 25.7 Å². The van der Waals surface area contributed by atoms with Crippen molar-refractivity contribution in [2.45, 2.75) is 39.7 Å². The van der Waals surface area contributed by atoms with Crippen LogP contribution in [0.4, 0.5) is 5.69 Å². The van der Waals surface area contributed by atoms with Crippen LogP contribution in [-0.2, 0) is 16.6 Å². The molecule has 8 heteroatoms. The Bertz CT molecular complexity index is 580. The number of rotatable bonds is 8. The highest BCUT2D eigenvalue weighted by Gasteiger charge is 2.19. The fraction of sp³-hybridized carbons (Fsp3) is 0.600. The summed E-state index contributed by atoms with van der Waals surface area (Å²) in [5.74, 6) is -0.607. The number of amides is 1. The van der Waals surface area contributed by atoms with E-state index in [4.69, 9.17) is 4.74 Å². The van der Waals surface area contributed by atoms with Gasteiger partial charge < -0.3 is 14.6 Å². The van der Waals surface area contributed by atoms with Crippen molar-refractivity contribution in [3.8, 4) is 0 Å². The lowest BCUT2D eigenvalue weighted by Gasteiger charge is -2.15. The van der Waals surface area contributed by atoms with Crippen LogP contribution in [0.25, 0.3) is 0 Å². The second-order valence-corrected chi connectivity index (χ2v) is 5.97. The average Bonchev–Trinajstić information content (AvgIpc) is 2.85. The fourth-order valence-electron chi connectivity index (χ4n) is 2.03. The highest BCUT2D eigenvalue weighted by atomic mass is 16.6. The van der Waals surface area contributed by atoms with Gasteiger partial charge >= 0.3 is 5.97 Å². The Morgan fingerprint density at radius 3 is 2.52 bits per heavy atom. The van der Waals surface area contributed by atoms with Gasteiger partial charge in [0.15, 0.2) is 6.61 Å². The van der Waals surface area contributed by atoms with Gasteiger partial charge in [0.1, 0.15) is 5.69 Å². The van der Waals surface area contributed by atoms with Crippen molar-refractivity contribution in [2.75, 3.05) is 6.61 Å². The van der Waals surface area contributed by atoms with E-state index in [2.05, 4.69) is 19.2 Å². The van der Waals surface area contributed by atoms with Crippen molar-refractivity contribution in [1.82, 2.24) is 9.88 Å². The van der Waals surface area contributed by atoms with E-state index < -0.39 is 23.4 Å². The summed E-state index contributed by atoms with van der Waals surface area (Å²) in [6, 6.07) is 1.12.